The number of carbonyl (C=O) groups is 2. The number of nitrogens with one attached hydrogen (secondary N) is 2. The van der Waals surface area contributed by atoms with Gasteiger partial charge in [0, 0.05) is 37.9 Å². The number of methoxy groups -OCH3 is 2. The molecule has 2 saturated heterocycles. The van der Waals surface area contributed by atoms with Crippen molar-refractivity contribution in [1.82, 2.24) is 20.5 Å². The summed E-state index contributed by atoms with van der Waals surface area (Å²) >= 11 is 1.07. The molecule has 2 amide bonds. The fourth-order valence-electron chi connectivity index (χ4n) is 5.20. The molecule has 3 aliphatic heterocycles. The van der Waals surface area contributed by atoms with Crippen molar-refractivity contribution >= 4 is 39.7 Å². The summed E-state index contributed by atoms with van der Waals surface area (Å²) in [5.74, 6) is 0.420. The molecule has 3 aromatic rings. The molecular weight excluding hydrogens is 494 g/mol. The topological polar surface area (TPSA) is 122 Å². The maximum atomic E-state index is 13.1. The first-order chi connectivity index (χ1) is 18.0. The standard InChI is InChI=1S/C25H27N7O4S/c1-35-19-9-15-12-32(23(34)16(15)10-20(19)36-2)24-30-29-22(37-24)21(33)28-17-11-26-6-3-18(17)31-7-4-25(5-8-31)13-27-14-25/h3,6,9-11,27H,4-5,7-8,12-14H2,1-2H3,(H,28,33). The van der Waals surface area contributed by atoms with E-state index in [9.17, 15) is 9.59 Å². The minimum Gasteiger partial charge on any atom is -0.493 e. The Kier molecular flexibility index (Phi) is 5.92. The van der Waals surface area contributed by atoms with E-state index < -0.39 is 0 Å². The molecule has 0 saturated carbocycles. The third-order valence-corrected chi connectivity index (χ3v) is 8.41. The lowest BCUT2D eigenvalue weighted by molar-refractivity contribution is 0.0994. The van der Waals surface area contributed by atoms with Gasteiger partial charge in [-0.25, -0.2) is 0 Å². The molecule has 5 heterocycles. The van der Waals surface area contributed by atoms with E-state index in [0.717, 1.165) is 61.6 Å². The number of anilines is 3. The van der Waals surface area contributed by atoms with Crippen molar-refractivity contribution in [2.75, 3.05) is 55.5 Å². The SMILES string of the molecule is COc1cc2c(cc1OC)C(=O)N(c1nnc(C(=O)Nc3cnccc3N3CCC4(CC3)CNC4)s1)C2. The maximum absolute atomic E-state index is 13.1. The Labute approximate surface area is 217 Å². The molecule has 0 atom stereocenters. The van der Waals surface area contributed by atoms with E-state index in [1.165, 1.54) is 12.0 Å². The third-order valence-electron chi connectivity index (χ3n) is 7.46. The molecule has 6 rings (SSSR count). The Morgan fingerprint density at radius 3 is 2.59 bits per heavy atom. The second kappa shape index (κ2) is 9.27. The lowest BCUT2D eigenvalue weighted by Gasteiger charge is -2.49. The van der Waals surface area contributed by atoms with Crippen LogP contribution in [0.2, 0.25) is 0 Å². The average Bonchev–Trinajstić information content (AvgIpc) is 3.52. The molecule has 12 heteroatoms. The summed E-state index contributed by atoms with van der Waals surface area (Å²) in [6.45, 7) is 4.36. The van der Waals surface area contributed by atoms with Crippen molar-refractivity contribution < 1.29 is 19.1 Å². The van der Waals surface area contributed by atoms with Gasteiger partial charge in [-0.3, -0.25) is 19.5 Å². The number of hydrogen-bond acceptors (Lipinski definition) is 10. The van der Waals surface area contributed by atoms with Crippen LogP contribution in [0.1, 0.15) is 38.6 Å². The van der Waals surface area contributed by atoms with Gasteiger partial charge in [0.05, 0.1) is 38.3 Å². The number of benzene rings is 1. The molecule has 1 aromatic carbocycles. The minimum absolute atomic E-state index is 0.168. The predicted molar refractivity (Wildman–Crippen MR) is 139 cm³/mol. The number of rotatable bonds is 6. The van der Waals surface area contributed by atoms with Gasteiger partial charge >= 0.3 is 0 Å². The average molecular weight is 522 g/mol. The van der Waals surface area contributed by atoms with E-state index in [2.05, 4.69) is 30.7 Å². The van der Waals surface area contributed by atoms with Gasteiger partial charge in [-0.15, -0.1) is 10.2 Å². The first-order valence-electron chi connectivity index (χ1n) is 12.1. The van der Waals surface area contributed by atoms with Crippen molar-refractivity contribution in [3.63, 3.8) is 0 Å². The van der Waals surface area contributed by atoms with E-state index in [1.807, 2.05) is 6.07 Å². The summed E-state index contributed by atoms with van der Waals surface area (Å²) in [7, 11) is 3.08. The molecule has 1 spiro atoms. The van der Waals surface area contributed by atoms with E-state index in [1.54, 1.807) is 31.6 Å². The van der Waals surface area contributed by atoms with Crippen molar-refractivity contribution in [3.8, 4) is 11.5 Å². The van der Waals surface area contributed by atoms with E-state index >= 15 is 0 Å². The Bertz CT molecular complexity index is 1360. The molecular formula is C25H27N7O4S. The molecule has 0 unspecified atom stereocenters. The summed E-state index contributed by atoms with van der Waals surface area (Å²) in [4.78, 5) is 34.2. The predicted octanol–water partition coefficient (Wildman–Crippen LogP) is 2.55. The quantitative estimate of drug-likeness (QED) is 0.504. The Morgan fingerprint density at radius 2 is 1.89 bits per heavy atom. The van der Waals surface area contributed by atoms with Crippen LogP contribution in [0.25, 0.3) is 0 Å². The van der Waals surface area contributed by atoms with Crippen LogP contribution in [0.5, 0.6) is 11.5 Å². The van der Waals surface area contributed by atoms with Crippen LogP contribution in [0.3, 0.4) is 0 Å². The highest BCUT2D eigenvalue weighted by atomic mass is 32.1. The minimum atomic E-state index is -0.387. The zero-order valence-corrected chi connectivity index (χ0v) is 21.4. The van der Waals surface area contributed by atoms with Gasteiger partial charge < -0.3 is 25.0 Å². The number of aromatic nitrogens is 3. The van der Waals surface area contributed by atoms with Crippen LogP contribution in [-0.2, 0) is 6.54 Å². The maximum Gasteiger partial charge on any atom is 0.286 e. The second-order valence-corrected chi connectivity index (χ2v) is 10.5. The van der Waals surface area contributed by atoms with Crippen LogP contribution in [-0.4, -0.2) is 67.4 Å². The summed E-state index contributed by atoms with van der Waals surface area (Å²) < 4.78 is 10.7. The summed E-state index contributed by atoms with van der Waals surface area (Å²) in [6.07, 6.45) is 5.65. The first kappa shape index (κ1) is 23.6. The normalized spacial score (nSPS) is 17.9. The van der Waals surface area contributed by atoms with Gasteiger partial charge in [-0.1, -0.05) is 11.3 Å². The van der Waals surface area contributed by atoms with Crippen LogP contribution >= 0.6 is 11.3 Å². The molecule has 11 nitrogen and oxygen atoms in total. The molecule has 2 fully saturated rings. The third kappa shape index (κ3) is 4.15. The monoisotopic (exact) mass is 521 g/mol. The molecule has 0 radical (unpaired) electrons. The second-order valence-electron chi connectivity index (χ2n) is 9.58. The van der Waals surface area contributed by atoms with E-state index in [0.29, 0.717) is 39.8 Å². The summed E-state index contributed by atoms with van der Waals surface area (Å²) in [5, 5.41) is 15.1. The van der Waals surface area contributed by atoms with Crippen LogP contribution in [0.4, 0.5) is 16.5 Å². The van der Waals surface area contributed by atoms with Crippen LogP contribution < -0.4 is 29.9 Å². The number of carbonyl (C=O) groups excluding carboxylic acids is 2. The van der Waals surface area contributed by atoms with Crippen molar-refractivity contribution in [2.24, 2.45) is 5.41 Å². The molecule has 37 heavy (non-hydrogen) atoms. The van der Waals surface area contributed by atoms with Crippen molar-refractivity contribution in [2.45, 2.75) is 19.4 Å². The zero-order chi connectivity index (χ0) is 25.6. The highest BCUT2D eigenvalue weighted by Crippen LogP contribution is 2.39. The van der Waals surface area contributed by atoms with Gasteiger partial charge in [0.2, 0.25) is 10.1 Å². The van der Waals surface area contributed by atoms with Gasteiger partial charge in [-0.2, -0.15) is 0 Å². The molecule has 0 aliphatic carbocycles. The number of hydrogen-bond donors (Lipinski definition) is 2. The number of amides is 2. The fraction of sp³-hybridized carbons (Fsp3) is 0.400. The van der Waals surface area contributed by atoms with E-state index in [-0.39, 0.29) is 16.8 Å². The molecule has 3 aliphatic rings. The van der Waals surface area contributed by atoms with Gasteiger partial charge in [0.1, 0.15) is 0 Å². The van der Waals surface area contributed by atoms with Crippen LogP contribution in [0.15, 0.2) is 30.6 Å². The van der Waals surface area contributed by atoms with Gasteiger partial charge in [0.25, 0.3) is 11.8 Å². The Balaban J connectivity index is 1.17. The number of nitrogens with zero attached hydrogens (tertiary/aromatic N) is 5. The number of ether oxygens (including phenoxy) is 2. The highest BCUT2D eigenvalue weighted by Gasteiger charge is 2.40. The number of piperidine rings is 1. The lowest BCUT2D eigenvalue weighted by Crippen LogP contribution is -2.58. The van der Waals surface area contributed by atoms with Crippen molar-refractivity contribution in [3.05, 3.63) is 46.7 Å². The fourth-order valence-corrected chi connectivity index (χ4v) is 5.94. The lowest BCUT2D eigenvalue weighted by atomic mass is 9.73. The largest absolute Gasteiger partial charge is 0.493 e. The zero-order valence-electron chi connectivity index (χ0n) is 20.6. The van der Waals surface area contributed by atoms with Gasteiger partial charge in [-0.05, 0) is 42.0 Å². The first-order valence-corrected chi connectivity index (χ1v) is 12.9. The molecule has 2 N–H and O–H groups in total. The number of pyridine rings is 1. The van der Waals surface area contributed by atoms with Gasteiger partial charge in [0.15, 0.2) is 11.5 Å². The molecule has 192 valence electrons. The summed E-state index contributed by atoms with van der Waals surface area (Å²) in [5.41, 5.74) is 3.32. The Hall–Kier alpha value is -3.77. The van der Waals surface area contributed by atoms with E-state index in [4.69, 9.17) is 9.47 Å². The smallest absolute Gasteiger partial charge is 0.286 e. The molecule has 0 bridgehead atoms. The Morgan fingerprint density at radius 1 is 1.14 bits per heavy atom. The molecule has 2 aromatic heterocycles. The van der Waals surface area contributed by atoms with Crippen molar-refractivity contribution in [1.29, 1.82) is 0 Å². The number of fused-ring (bicyclic) bond motifs is 1. The highest BCUT2D eigenvalue weighted by molar-refractivity contribution is 7.17. The van der Waals surface area contributed by atoms with Crippen LogP contribution in [0, 0.1) is 5.41 Å². The summed E-state index contributed by atoms with van der Waals surface area (Å²) in [6, 6.07) is 5.38.